The normalized spacial score (nSPS) is 23.6. The van der Waals surface area contributed by atoms with Crippen molar-refractivity contribution in [2.75, 3.05) is 33.7 Å². The fraction of sp³-hybridized carbons (Fsp3) is 0.600. The van der Waals surface area contributed by atoms with Gasteiger partial charge in [0.2, 0.25) is 0 Å². The van der Waals surface area contributed by atoms with Gasteiger partial charge in [-0.15, -0.1) is 0 Å². The van der Waals surface area contributed by atoms with Crippen molar-refractivity contribution in [3.8, 4) is 0 Å². The molecule has 5 heteroatoms. The summed E-state index contributed by atoms with van der Waals surface area (Å²) >= 11 is 0. The van der Waals surface area contributed by atoms with Crippen LogP contribution in [0.4, 0.5) is 4.39 Å². The minimum absolute atomic E-state index is 0.0741. The smallest absolute Gasteiger partial charge is 0.123 e. The third-order valence-electron chi connectivity index (χ3n) is 4.10. The number of hydrogen-bond acceptors (Lipinski definition) is 4. The van der Waals surface area contributed by atoms with Gasteiger partial charge in [-0.2, -0.15) is 0 Å². The van der Waals surface area contributed by atoms with Crippen molar-refractivity contribution in [3.63, 3.8) is 0 Å². The molecule has 2 atom stereocenters. The topological polar surface area (TPSA) is 44.5 Å². The van der Waals surface area contributed by atoms with Crippen LogP contribution in [0.5, 0.6) is 0 Å². The van der Waals surface area contributed by atoms with Gasteiger partial charge in [0.15, 0.2) is 0 Å². The van der Waals surface area contributed by atoms with Crippen LogP contribution in [-0.2, 0) is 0 Å². The second kappa shape index (κ2) is 6.63. The average molecular weight is 280 g/mol. The van der Waals surface area contributed by atoms with Gasteiger partial charge in [0, 0.05) is 12.6 Å². The largest absolute Gasteiger partial charge is 0.305 e. The molecular weight excluding hydrogens is 255 g/mol. The molecule has 0 saturated carbocycles. The maximum atomic E-state index is 13.7. The molecule has 1 saturated heterocycles. The molecule has 1 fully saturated rings. The summed E-state index contributed by atoms with van der Waals surface area (Å²) < 4.78 is 13.7. The summed E-state index contributed by atoms with van der Waals surface area (Å²) in [5.74, 6) is 5.57. The lowest BCUT2D eigenvalue weighted by molar-refractivity contribution is 0.178. The number of benzene rings is 1. The number of halogens is 1. The lowest BCUT2D eigenvalue weighted by Crippen LogP contribution is -2.48. The molecule has 20 heavy (non-hydrogen) atoms. The van der Waals surface area contributed by atoms with E-state index in [-0.39, 0.29) is 17.9 Å². The summed E-state index contributed by atoms with van der Waals surface area (Å²) in [7, 11) is 4.23. The number of likely N-dealkylation sites (N-methyl/N-ethyl adjacent to an activating group) is 2. The lowest BCUT2D eigenvalue weighted by Gasteiger charge is -2.34. The van der Waals surface area contributed by atoms with E-state index in [0.717, 1.165) is 37.2 Å². The Morgan fingerprint density at radius 3 is 2.70 bits per heavy atom. The molecule has 1 aliphatic heterocycles. The van der Waals surface area contributed by atoms with Crippen molar-refractivity contribution in [1.82, 2.24) is 15.2 Å². The summed E-state index contributed by atoms with van der Waals surface area (Å²) in [6.07, 6.45) is 1.14. The van der Waals surface area contributed by atoms with E-state index >= 15 is 0 Å². The molecule has 112 valence electrons. The van der Waals surface area contributed by atoms with Gasteiger partial charge in [0.05, 0.1) is 6.04 Å². The van der Waals surface area contributed by atoms with Gasteiger partial charge in [0.1, 0.15) is 5.82 Å². The summed E-state index contributed by atoms with van der Waals surface area (Å²) in [4.78, 5) is 4.62. The number of hydrogen-bond donors (Lipinski definition) is 2. The van der Waals surface area contributed by atoms with Gasteiger partial charge in [0.25, 0.3) is 0 Å². The zero-order valence-electron chi connectivity index (χ0n) is 12.6. The van der Waals surface area contributed by atoms with Crippen LogP contribution < -0.4 is 11.3 Å². The van der Waals surface area contributed by atoms with Gasteiger partial charge in [-0.05, 0) is 63.8 Å². The number of rotatable bonds is 3. The van der Waals surface area contributed by atoms with Gasteiger partial charge < -0.3 is 9.80 Å². The van der Waals surface area contributed by atoms with Crippen molar-refractivity contribution >= 4 is 0 Å². The number of nitrogens with zero attached hydrogens (tertiary/aromatic N) is 2. The van der Waals surface area contributed by atoms with E-state index in [1.54, 1.807) is 12.1 Å². The van der Waals surface area contributed by atoms with Crippen LogP contribution in [-0.4, -0.2) is 49.6 Å². The highest BCUT2D eigenvalue weighted by atomic mass is 19.1. The first kappa shape index (κ1) is 15.4. The van der Waals surface area contributed by atoms with Crippen molar-refractivity contribution in [2.24, 2.45) is 5.84 Å². The summed E-state index contributed by atoms with van der Waals surface area (Å²) in [5, 5.41) is 0. The molecule has 2 unspecified atom stereocenters. The Kier molecular flexibility index (Phi) is 5.10. The third kappa shape index (κ3) is 3.55. The van der Waals surface area contributed by atoms with Crippen LogP contribution in [0.1, 0.15) is 23.6 Å². The van der Waals surface area contributed by atoms with E-state index < -0.39 is 0 Å². The Hall–Kier alpha value is -1.01. The van der Waals surface area contributed by atoms with E-state index in [0.29, 0.717) is 0 Å². The molecule has 1 aromatic rings. The first-order valence-corrected chi connectivity index (χ1v) is 7.13. The molecule has 1 aromatic carbocycles. The first-order valence-electron chi connectivity index (χ1n) is 7.13. The highest BCUT2D eigenvalue weighted by Crippen LogP contribution is 2.24. The fourth-order valence-corrected chi connectivity index (χ4v) is 3.04. The van der Waals surface area contributed by atoms with Crippen molar-refractivity contribution in [2.45, 2.75) is 25.4 Å². The molecule has 0 aliphatic carbocycles. The fourth-order valence-electron chi connectivity index (χ4n) is 3.04. The number of nitrogens with one attached hydrogen (secondary N) is 1. The van der Waals surface area contributed by atoms with E-state index in [1.165, 1.54) is 0 Å². The molecule has 0 aromatic heterocycles. The number of hydrazine groups is 1. The maximum absolute atomic E-state index is 13.7. The Bertz CT molecular complexity index is 431. The van der Waals surface area contributed by atoms with E-state index in [9.17, 15) is 4.39 Å². The van der Waals surface area contributed by atoms with Crippen LogP contribution in [0.2, 0.25) is 0 Å². The average Bonchev–Trinajstić information content (AvgIpc) is 2.52. The highest BCUT2D eigenvalue weighted by molar-refractivity contribution is 5.27. The SMILES string of the molecule is Cc1cc(F)cc(C(NN)C2CN(C)CCCN2C)c1. The molecular formula is C15H25FN4. The van der Waals surface area contributed by atoms with E-state index in [2.05, 4.69) is 29.3 Å². The Labute approximate surface area is 120 Å². The van der Waals surface area contributed by atoms with Crippen LogP contribution in [0.25, 0.3) is 0 Å². The van der Waals surface area contributed by atoms with Crippen LogP contribution in [0.3, 0.4) is 0 Å². The molecule has 0 amide bonds. The maximum Gasteiger partial charge on any atom is 0.123 e. The van der Waals surface area contributed by atoms with Gasteiger partial charge in [-0.1, -0.05) is 6.07 Å². The van der Waals surface area contributed by atoms with Gasteiger partial charge >= 0.3 is 0 Å². The zero-order valence-corrected chi connectivity index (χ0v) is 12.6. The quantitative estimate of drug-likeness (QED) is 0.646. The van der Waals surface area contributed by atoms with Gasteiger partial charge in [-0.3, -0.25) is 11.3 Å². The third-order valence-corrected chi connectivity index (χ3v) is 4.10. The Balaban J connectivity index is 2.29. The van der Waals surface area contributed by atoms with Crippen LogP contribution >= 0.6 is 0 Å². The number of aryl methyl sites for hydroxylation is 1. The predicted molar refractivity (Wildman–Crippen MR) is 79.7 cm³/mol. The highest BCUT2D eigenvalue weighted by Gasteiger charge is 2.29. The molecule has 0 bridgehead atoms. The van der Waals surface area contributed by atoms with Crippen molar-refractivity contribution in [3.05, 3.63) is 35.1 Å². The monoisotopic (exact) mass is 280 g/mol. The molecule has 2 rings (SSSR count). The minimum Gasteiger partial charge on any atom is -0.305 e. The predicted octanol–water partition coefficient (Wildman–Crippen LogP) is 1.27. The molecule has 0 radical (unpaired) electrons. The van der Waals surface area contributed by atoms with Crippen LogP contribution in [0.15, 0.2) is 18.2 Å². The number of nitrogens with two attached hydrogens (primary N) is 1. The molecule has 1 heterocycles. The molecule has 4 nitrogen and oxygen atoms in total. The molecule has 1 aliphatic rings. The summed E-state index contributed by atoms with van der Waals surface area (Å²) in [5.41, 5.74) is 4.72. The standard InChI is InChI=1S/C15H25FN4/c1-11-7-12(9-13(16)8-11)15(18-17)14-10-19(2)5-4-6-20(14)3/h7-9,14-15,18H,4-6,10,17H2,1-3H3. The summed E-state index contributed by atoms with van der Waals surface area (Å²) in [6.45, 7) is 4.94. The van der Waals surface area contributed by atoms with E-state index in [4.69, 9.17) is 5.84 Å². The first-order chi connectivity index (χ1) is 9.51. The van der Waals surface area contributed by atoms with Crippen molar-refractivity contribution in [1.29, 1.82) is 0 Å². The van der Waals surface area contributed by atoms with Crippen LogP contribution in [0, 0.1) is 12.7 Å². The Morgan fingerprint density at radius 1 is 1.30 bits per heavy atom. The second-order valence-corrected chi connectivity index (χ2v) is 5.87. The minimum atomic E-state index is -0.204. The molecule has 3 N–H and O–H groups in total. The summed E-state index contributed by atoms with van der Waals surface area (Å²) in [6, 6.07) is 5.28. The lowest BCUT2D eigenvalue weighted by atomic mass is 9.97. The van der Waals surface area contributed by atoms with E-state index in [1.807, 2.05) is 13.0 Å². The van der Waals surface area contributed by atoms with Gasteiger partial charge in [-0.25, -0.2) is 4.39 Å². The Morgan fingerprint density at radius 2 is 2.05 bits per heavy atom. The zero-order chi connectivity index (χ0) is 14.7. The van der Waals surface area contributed by atoms with Crippen molar-refractivity contribution < 1.29 is 4.39 Å². The molecule has 0 spiro atoms. The second-order valence-electron chi connectivity index (χ2n) is 5.87.